The average molecular weight is 621 g/mol. The zero-order chi connectivity index (χ0) is 31.8. The normalized spacial score (nSPS) is 15.0. The molecule has 0 saturated carbocycles. The number of halogens is 1. The Labute approximate surface area is 268 Å². The second-order valence-electron chi connectivity index (χ2n) is 12.6. The molecule has 238 valence electrons. The van der Waals surface area contributed by atoms with Crippen molar-refractivity contribution in [3.63, 3.8) is 0 Å². The van der Waals surface area contributed by atoms with Crippen LogP contribution in [0.3, 0.4) is 0 Å². The van der Waals surface area contributed by atoms with E-state index in [1.54, 1.807) is 4.68 Å². The van der Waals surface area contributed by atoms with Gasteiger partial charge in [-0.05, 0) is 43.9 Å². The topological polar surface area (TPSA) is 78.8 Å². The lowest BCUT2D eigenvalue weighted by atomic mass is 9.95. The molecule has 9 nitrogen and oxygen atoms in total. The summed E-state index contributed by atoms with van der Waals surface area (Å²) in [6.07, 6.45) is 3.92. The zero-order valence-corrected chi connectivity index (χ0v) is 27.0. The Balaban J connectivity index is 1.20. The Kier molecular flexibility index (Phi) is 8.40. The van der Waals surface area contributed by atoms with Crippen LogP contribution < -0.4 is 0 Å². The van der Waals surface area contributed by atoms with E-state index in [4.69, 9.17) is 25.0 Å². The van der Waals surface area contributed by atoms with Crippen LogP contribution in [0.15, 0.2) is 67.0 Å². The van der Waals surface area contributed by atoms with E-state index in [9.17, 15) is 0 Å². The maximum Gasteiger partial charge on any atom is 0.181 e. The van der Waals surface area contributed by atoms with Gasteiger partial charge in [-0.15, -0.1) is 0 Å². The van der Waals surface area contributed by atoms with Crippen molar-refractivity contribution in [2.24, 2.45) is 0 Å². The summed E-state index contributed by atoms with van der Waals surface area (Å²) in [6.45, 7) is 14.2. The van der Waals surface area contributed by atoms with E-state index in [2.05, 4.69) is 44.0 Å². The van der Waals surface area contributed by atoms with Gasteiger partial charge in [0.25, 0.3) is 0 Å². The molecule has 10 heteroatoms. The first-order valence-electron chi connectivity index (χ1n) is 16.3. The fourth-order valence-electron chi connectivity index (χ4n) is 6.66. The zero-order valence-electron chi connectivity index (χ0n) is 27.0. The Hall–Kier alpha value is -4.41. The van der Waals surface area contributed by atoms with Crippen LogP contribution >= 0.6 is 0 Å². The number of aryl methyl sites for hydroxylation is 2. The minimum atomic E-state index is -1.15. The van der Waals surface area contributed by atoms with E-state index in [-0.39, 0.29) is 12.5 Å². The Bertz CT molecular complexity index is 1970. The van der Waals surface area contributed by atoms with Crippen LogP contribution in [-0.2, 0) is 17.8 Å². The minimum Gasteiger partial charge on any atom is -0.379 e. The lowest BCUT2D eigenvalue weighted by molar-refractivity contribution is 0.0368. The van der Waals surface area contributed by atoms with Gasteiger partial charge in [0.2, 0.25) is 0 Å². The van der Waals surface area contributed by atoms with E-state index in [0.29, 0.717) is 5.56 Å². The Morgan fingerprint density at radius 1 is 0.891 bits per heavy atom. The highest BCUT2D eigenvalue weighted by atomic mass is 19.1. The van der Waals surface area contributed by atoms with E-state index in [1.165, 1.54) is 5.56 Å². The monoisotopic (exact) mass is 620 g/mol. The number of aromatic nitrogens is 7. The van der Waals surface area contributed by atoms with E-state index in [0.717, 1.165) is 96.1 Å². The van der Waals surface area contributed by atoms with Crippen LogP contribution in [0.5, 0.6) is 0 Å². The number of pyridine rings is 1. The van der Waals surface area contributed by atoms with E-state index >= 15 is 4.39 Å². The molecule has 7 rings (SSSR count). The van der Waals surface area contributed by atoms with E-state index < -0.39 is 6.17 Å². The summed E-state index contributed by atoms with van der Waals surface area (Å²) < 4.78 is 26.4. The molecule has 6 aromatic rings. The number of fused-ring (bicyclic) bond motifs is 2. The van der Waals surface area contributed by atoms with Gasteiger partial charge in [-0.1, -0.05) is 56.3 Å². The molecule has 1 aliphatic rings. The molecule has 5 heterocycles. The number of rotatable bonds is 10. The summed E-state index contributed by atoms with van der Waals surface area (Å²) in [5, 5.41) is 16.7. The highest BCUT2D eigenvalue weighted by Gasteiger charge is 2.24. The van der Waals surface area contributed by atoms with Crippen molar-refractivity contribution in [3.05, 3.63) is 89.5 Å². The molecule has 1 saturated heterocycles. The molecule has 1 fully saturated rings. The molecule has 0 radical (unpaired) electrons. The third-order valence-electron chi connectivity index (χ3n) is 9.00. The van der Waals surface area contributed by atoms with Crippen molar-refractivity contribution < 1.29 is 9.13 Å². The molecule has 0 amide bonds. The lowest BCUT2D eigenvalue weighted by Crippen LogP contribution is -2.37. The van der Waals surface area contributed by atoms with Gasteiger partial charge in [-0.2, -0.15) is 15.3 Å². The number of benzene rings is 2. The van der Waals surface area contributed by atoms with Crippen LogP contribution in [0.4, 0.5) is 4.39 Å². The largest absolute Gasteiger partial charge is 0.379 e. The quantitative estimate of drug-likeness (QED) is 0.168. The molecule has 2 aromatic carbocycles. The average Bonchev–Trinajstić information content (AvgIpc) is 3.75. The number of ether oxygens (including phenoxy) is 1. The maximum atomic E-state index is 15.2. The van der Waals surface area contributed by atoms with Crippen molar-refractivity contribution in [2.75, 3.05) is 32.8 Å². The van der Waals surface area contributed by atoms with Crippen molar-refractivity contribution >= 4 is 21.9 Å². The smallest absolute Gasteiger partial charge is 0.181 e. The van der Waals surface area contributed by atoms with Gasteiger partial charge >= 0.3 is 0 Å². The Morgan fingerprint density at radius 2 is 1.70 bits per heavy atom. The SMILES string of the molecule is Cc1nc2nn(CCCN3CCOCC3)cc2cc1-n1nc(-c2cccc3nn(C[C@H](F)c4ccccc4)cc23)c(C(C)C)c1C. The predicted octanol–water partition coefficient (Wildman–Crippen LogP) is 6.81. The standard InChI is InChI=1S/C36H41FN8O/c1-24(2)34-26(4)45(33-20-28-21-43(41-36(28)38-25(33)3)15-9-14-42-16-18-46-19-17-42)40-35(34)29-12-8-13-32-30(29)22-44(39-32)23-31(37)27-10-6-5-7-11-27/h5-8,10-13,20-22,24,31H,9,14-19,23H2,1-4H3/t31-/m0/s1. The summed E-state index contributed by atoms with van der Waals surface area (Å²) >= 11 is 0. The van der Waals surface area contributed by atoms with E-state index in [1.807, 2.05) is 64.9 Å². The van der Waals surface area contributed by atoms with Gasteiger partial charge in [0.15, 0.2) is 5.65 Å². The summed E-state index contributed by atoms with van der Waals surface area (Å²) in [5.41, 5.74) is 8.19. The van der Waals surface area contributed by atoms with Crippen LogP contribution in [0.2, 0.25) is 0 Å². The summed E-state index contributed by atoms with van der Waals surface area (Å²) in [4.78, 5) is 7.36. The van der Waals surface area contributed by atoms with Crippen LogP contribution in [0.25, 0.3) is 38.9 Å². The van der Waals surface area contributed by atoms with Crippen molar-refractivity contribution in [2.45, 2.75) is 59.3 Å². The molecular weight excluding hydrogens is 579 g/mol. The van der Waals surface area contributed by atoms with Crippen LogP contribution in [0, 0.1) is 13.8 Å². The molecular formula is C36H41FN8O. The van der Waals surface area contributed by atoms with Gasteiger partial charge in [0, 0.05) is 66.2 Å². The fraction of sp³-hybridized carbons (Fsp3) is 0.389. The molecule has 0 N–H and O–H groups in total. The summed E-state index contributed by atoms with van der Waals surface area (Å²) in [7, 11) is 0. The second-order valence-corrected chi connectivity index (χ2v) is 12.6. The molecule has 46 heavy (non-hydrogen) atoms. The first-order chi connectivity index (χ1) is 22.4. The van der Waals surface area contributed by atoms with Crippen LogP contribution in [0.1, 0.15) is 54.9 Å². The van der Waals surface area contributed by atoms with Crippen molar-refractivity contribution in [1.82, 2.24) is 39.2 Å². The maximum absolute atomic E-state index is 15.2. The number of alkyl halides is 1. The summed E-state index contributed by atoms with van der Waals surface area (Å²) in [6, 6.07) is 17.5. The van der Waals surface area contributed by atoms with Gasteiger partial charge < -0.3 is 4.74 Å². The molecule has 0 spiro atoms. The third kappa shape index (κ3) is 5.94. The number of hydrogen-bond donors (Lipinski definition) is 0. The minimum absolute atomic E-state index is 0.147. The predicted molar refractivity (Wildman–Crippen MR) is 179 cm³/mol. The number of nitrogens with zero attached hydrogens (tertiary/aromatic N) is 8. The molecule has 1 aliphatic heterocycles. The molecule has 0 unspecified atom stereocenters. The summed E-state index contributed by atoms with van der Waals surface area (Å²) in [5.74, 6) is 0.230. The number of morpholine rings is 1. The lowest BCUT2D eigenvalue weighted by Gasteiger charge is -2.26. The van der Waals surface area contributed by atoms with Crippen LogP contribution in [-0.4, -0.2) is 72.1 Å². The van der Waals surface area contributed by atoms with Gasteiger partial charge in [-0.3, -0.25) is 14.3 Å². The van der Waals surface area contributed by atoms with Gasteiger partial charge in [0.1, 0.15) is 6.17 Å². The highest BCUT2D eigenvalue weighted by Crippen LogP contribution is 2.37. The van der Waals surface area contributed by atoms with Gasteiger partial charge in [-0.25, -0.2) is 14.1 Å². The molecule has 0 bridgehead atoms. The fourth-order valence-corrected chi connectivity index (χ4v) is 6.66. The number of hydrogen-bond acceptors (Lipinski definition) is 6. The molecule has 4 aromatic heterocycles. The highest BCUT2D eigenvalue weighted by molar-refractivity contribution is 5.94. The van der Waals surface area contributed by atoms with Crippen molar-refractivity contribution in [3.8, 4) is 16.9 Å². The first kappa shape index (κ1) is 30.3. The Morgan fingerprint density at radius 3 is 2.48 bits per heavy atom. The van der Waals surface area contributed by atoms with Crippen molar-refractivity contribution in [1.29, 1.82) is 0 Å². The molecule has 1 atom stereocenters. The third-order valence-corrected chi connectivity index (χ3v) is 9.00. The second kappa shape index (κ2) is 12.8. The van der Waals surface area contributed by atoms with Gasteiger partial charge in [0.05, 0.1) is 42.4 Å². The first-order valence-corrected chi connectivity index (χ1v) is 16.3. The molecule has 0 aliphatic carbocycles.